The van der Waals surface area contributed by atoms with E-state index in [0.29, 0.717) is 0 Å². The van der Waals surface area contributed by atoms with E-state index in [0.717, 1.165) is 0 Å². The SMILES string of the molecule is O=C(O)O.O=C(O)O.O=S(O)(O)=S.[H-].[H-].[Na+].[Na+]. The minimum Gasteiger partial charge on any atom is -1.00 e. The summed E-state index contributed by atoms with van der Waals surface area (Å²) >= 11 is 3.47. The Hall–Kier alpha value is 0.830. The van der Waals surface area contributed by atoms with E-state index < -0.39 is 21.4 Å². The Bertz CT molecular complexity index is 228. The molecule has 0 aromatic heterocycles. The maximum Gasteiger partial charge on any atom is 1.00 e. The maximum atomic E-state index is 9.11. The molecule has 0 aliphatic carbocycles. The molecule has 0 bridgehead atoms. The van der Waals surface area contributed by atoms with E-state index in [-0.39, 0.29) is 62.0 Å². The second-order valence-corrected chi connectivity index (χ2v) is 3.21. The van der Waals surface area contributed by atoms with Gasteiger partial charge in [-0.25, -0.2) is 9.59 Å². The van der Waals surface area contributed by atoms with E-state index in [1.54, 1.807) is 0 Å². The molecule has 0 saturated heterocycles. The van der Waals surface area contributed by atoms with Gasteiger partial charge in [-0.15, -0.1) is 0 Å². The molecular formula is C2H8Na2O9S2. The molecule has 0 aliphatic rings. The third kappa shape index (κ3) is 3540. The molecule has 0 aliphatic heterocycles. The third-order valence-electron chi connectivity index (χ3n) is 0. The van der Waals surface area contributed by atoms with Crippen molar-refractivity contribution in [2.45, 2.75) is 0 Å². The van der Waals surface area contributed by atoms with Crippen LogP contribution in [0.15, 0.2) is 0 Å². The maximum absolute atomic E-state index is 9.11. The first-order chi connectivity index (χ1) is 5.46. The van der Waals surface area contributed by atoms with Gasteiger partial charge in [0.05, 0.1) is 0 Å². The average Bonchev–Trinajstić information content (AvgIpc) is 1.50. The van der Waals surface area contributed by atoms with Crippen molar-refractivity contribution in [3.8, 4) is 0 Å². The van der Waals surface area contributed by atoms with Gasteiger partial charge in [0.1, 0.15) is 0 Å². The number of carbonyl (C=O) groups is 2. The summed E-state index contributed by atoms with van der Waals surface area (Å²) < 4.78 is 24.0. The van der Waals surface area contributed by atoms with Gasteiger partial charge in [-0.3, -0.25) is 9.11 Å². The second-order valence-electron chi connectivity index (χ2n) is 1.01. The van der Waals surface area contributed by atoms with Crippen LogP contribution in [0, 0.1) is 0 Å². The molecule has 0 heterocycles. The van der Waals surface area contributed by atoms with Crippen molar-refractivity contribution in [1.29, 1.82) is 0 Å². The standard InChI is InChI=1S/2CH2O3.2Na.H2O3S2.2H/c2*2-1(3)4;;;1-5(2,3)4;;/h2*(H2,2,3,4);;;(H2,1,2,3,4);;/q;;2*+1;;2*-1. The molecule has 15 heavy (non-hydrogen) atoms. The molecule has 0 aromatic carbocycles. The molecule has 0 spiro atoms. The Morgan fingerprint density at radius 1 is 0.933 bits per heavy atom. The Morgan fingerprint density at radius 3 is 0.933 bits per heavy atom. The van der Waals surface area contributed by atoms with Gasteiger partial charge in [0.25, 0.3) is 9.05 Å². The Morgan fingerprint density at radius 2 is 0.933 bits per heavy atom. The fraction of sp³-hybridized carbons (Fsp3) is 0. The van der Waals surface area contributed by atoms with E-state index in [2.05, 4.69) is 11.2 Å². The molecular weight excluding hydrogens is 278 g/mol. The van der Waals surface area contributed by atoms with Crippen LogP contribution in [0.5, 0.6) is 0 Å². The van der Waals surface area contributed by atoms with Gasteiger partial charge < -0.3 is 23.3 Å². The summed E-state index contributed by atoms with van der Waals surface area (Å²) in [5, 5.41) is 27.9. The molecule has 0 aromatic rings. The quantitative estimate of drug-likeness (QED) is 0.236. The predicted octanol–water partition coefficient (Wildman–Crippen LogP) is -5.64. The summed E-state index contributed by atoms with van der Waals surface area (Å²) in [4.78, 5) is 17.1. The smallest absolute Gasteiger partial charge is 1.00 e. The molecule has 6 N–H and O–H groups in total. The molecule has 0 radical (unpaired) electrons. The summed E-state index contributed by atoms with van der Waals surface area (Å²) in [7, 11) is -3.83. The van der Waals surface area contributed by atoms with Gasteiger partial charge in [-0.2, -0.15) is 4.21 Å². The van der Waals surface area contributed by atoms with Crippen LogP contribution in [0.3, 0.4) is 0 Å². The molecule has 0 rings (SSSR count). The molecule has 9 nitrogen and oxygen atoms in total. The van der Waals surface area contributed by atoms with Crippen molar-refractivity contribution < 1.29 is 105 Å². The van der Waals surface area contributed by atoms with Crippen molar-refractivity contribution in [3.63, 3.8) is 0 Å². The van der Waals surface area contributed by atoms with Crippen molar-refractivity contribution in [1.82, 2.24) is 0 Å². The van der Waals surface area contributed by atoms with Crippen LogP contribution in [0.4, 0.5) is 9.59 Å². The van der Waals surface area contributed by atoms with Crippen LogP contribution in [-0.4, -0.2) is 46.1 Å². The number of hydrogen-bond acceptors (Lipinski definition) is 4. The van der Waals surface area contributed by atoms with Gasteiger partial charge in [-0.1, -0.05) is 0 Å². The molecule has 0 fully saturated rings. The summed E-state index contributed by atoms with van der Waals surface area (Å²) in [5.41, 5.74) is 0. The Balaban J connectivity index is -0.0000000159. The molecule has 0 unspecified atom stereocenters. The van der Waals surface area contributed by atoms with Crippen molar-refractivity contribution in [2.24, 2.45) is 0 Å². The van der Waals surface area contributed by atoms with Crippen molar-refractivity contribution >= 4 is 32.6 Å². The predicted molar refractivity (Wildman–Crippen MR) is 44.3 cm³/mol. The summed E-state index contributed by atoms with van der Waals surface area (Å²) in [6, 6.07) is 0. The first kappa shape index (κ1) is 29.7. The van der Waals surface area contributed by atoms with Crippen LogP contribution in [-0.2, 0) is 20.2 Å². The van der Waals surface area contributed by atoms with Gasteiger partial charge in [-0.05, 0) is 0 Å². The number of hydrogen-bond donors (Lipinski definition) is 6. The molecule has 0 amide bonds. The molecule has 13 heteroatoms. The normalized spacial score (nSPS) is 7.07. The molecule has 0 atom stereocenters. The van der Waals surface area contributed by atoms with Crippen LogP contribution in [0.2, 0.25) is 0 Å². The first-order valence-corrected chi connectivity index (χ1v) is 4.40. The van der Waals surface area contributed by atoms with E-state index in [1.165, 1.54) is 0 Å². The van der Waals surface area contributed by atoms with Gasteiger partial charge in [0, 0.05) is 11.2 Å². The van der Waals surface area contributed by atoms with Crippen molar-refractivity contribution in [3.05, 3.63) is 0 Å². The minimum absolute atomic E-state index is 0. The van der Waals surface area contributed by atoms with Crippen LogP contribution in [0.1, 0.15) is 2.85 Å². The van der Waals surface area contributed by atoms with Crippen LogP contribution >= 0.6 is 0 Å². The minimum atomic E-state index is -3.83. The topological polar surface area (TPSA) is 173 Å². The first-order valence-electron chi connectivity index (χ1n) is 2.00. The fourth-order valence-electron chi connectivity index (χ4n) is 0. The van der Waals surface area contributed by atoms with E-state index in [4.69, 9.17) is 43.3 Å². The number of carboxylic acid groups (broad SMARTS) is 4. The fourth-order valence-corrected chi connectivity index (χ4v) is 0. The number of rotatable bonds is 0. The van der Waals surface area contributed by atoms with E-state index in [1.807, 2.05) is 0 Å². The third-order valence-corrected chi connectivity index (χ3v) is 0. The molecule has 0 saturated carbocycles. The van der Waals surface area contributed by atoms with Crippen molar-refractivity contribution in [2.75, 3.05) is 0 Å². The summed E-state index contributed by atoms with van der Waals surface area (Å²) in [6.45, 7) is 0. The monoisotopic (exact) mass is 286 g/mol. The summed E-state index contributed by atoms with van der Waals surface area (Å²) in [6.07, 6.45) is -3.67. The summed E-state index contributed by atoms with van der Waals surface area (Å²) in [5.74, 6) is 0. The van der Waals surface area contributed by atoms with Gasteiger partial charge in [0.15, 0.2) is 0 Å². The Kier molecular flexibility index (Phi) is 34.1. The van der Waals surface area contributed by atoms with Crippen LogP contribution in [0.25, 0.3) is 0 Å². The largest absolute Gasteiger partial charge is 1.00 e. The zero-order valence-corrected chi connectivity index (χ0v) is 13.4. The average molecular weight is 286 g/mol. The van der Waals surface area contributed by atoms with E-state index >= 15 is 0 Å². The van der Waals surface area contributed by atoms with Gasteiger partial charge in [0.2, 0.25) is 0 Å². The van der Waals surface area contributed by atoms with Crippen LogP contribution < -0.4 is 59.1 Å². The van der Waals surface area contributed by atoms with E-state index in [9.17, 15) is 0 Å². The zero-order chi connectivity index (χ0) is 11.7. The van der Waals surface area contributed by atoms with Gasteiger partial charge >= 0.3 is 71.4 Å². The Labute approximate surface area is 136 Å². The molecule has 84 valence electrons. The second kappa shape index (κ2) is 17.2. The zero-order valence-electron chi connectivity index (χ0n) is 9.72.